The molecule has 0 radical (unpaired) electrons. The molecule has 0 saturated carbocycles. The van der Waals surface area contributed by atoms with Crippen molar-refractivity contribution in [1.29, 1.82) is 0 Å². The van der Waals surface area contributed by atoms with Gasteiger partial charge in [-0.2, -0.15) is 0 Å². The minimum Gasteiger partial charge on any atom is -0.381 e. The molecule has 0 saturated heterocycles. The standard InChI is InChI=1S/C10H22O2.3C8H18O/c1-4-6-11-8-9-12-7-5-10(2)3;3*1-4-6-9-7-5-8(2)3/h10H,4-9H2,1-3H3;3*8H,4-7H2,1-3H3. The molecule has 0 fully saturated rings. The average Bonchev–Trinajstić information content (AvgIpc) is 2.87. The van der Waals surface area contributed by atoms with Crippen LogP contribution in [0, 0.1) is 23.7 Å². The molecule has 0 aromatic carbocycles. The lowest BCUT2D eigenvalue weighted by Gasteiger charge is -2.06. The van der Waals surface area contributed by atoms with Crippen LogP contribution in [0.3, 0.4) is 0 Å². The zero-order valence-electron chi connectivity index (χ0n) is 29.1. The molecule has 0 aromatic rings. The van der Waals surface area contributed by atoms with Crippen LogP contribution in [0.5, 0.6) is 0 Å². The molecule has 0 atom stereocenters. The fourth-order valence-electron chi connectivity index (χ4n) is 2.48. The Kier molecular flexibility index (Phi) is 49.6. The normalized spacial score (nSPS) is 10.8. The first-order valence-electron chi connectivity index (χ1n) is 16.5. The second-order valence-corrected chi connectivity index (χ2v) is 11.8. The van der Waals surface area contributed by atoms with Crippen LogP contribution in [-0.4, -0.2) is 66.1 Å². The summed E-state index contributed by atoms with van der Waals surface area (Å²) in [5, 5.41) is 0. The molecule has 0 aliphatic rings. The van der Waals surface area contributed by atoms with E-state index in [1.807, 2.05) is 0 Å². The SMILES string of the molecule is CCCOCCC(C)C.CCCOCCC(C)C.CCCOCCC(C)C.CCCOCCOCCC(C)C. The molecule has 0 rings (SSSR count). The fraction of sp³-hybridized carbons (Fsp3) is 1.00. The van der Waals surface area contributed by atoms with Gasteiger partial charge in [-0.05, 0) is 75.0 Å². The van der Waals surface area contributed by atoms with E-state index in [4.69, 9.17) is 23.7 Å². The van der Waals surface area contributed by atoms with Crippen molar-refractivity contribution in [3.8, 4) is 0 Å². The van der Waals surface area contributed by atoms with Gasteiger partial charge >= 0.3 is 0 Å². The number of hydrogen-bond donors (Lipinski definition) is 0. The fourth-order valence-corrected chi connectivity index (χ4v) is 2.48. The summed E-state index contributed by atoms with van der Waals surface area (Å²) in [4.78, 5) is 0. The number of rotatable bonds is 23. The van der Waals surface area contributed by atoms with E-state index in [0.717, 1.165) is 122 Å². The van der Waals surface area contributed by atoms with E-state index >= 15 is 0 Å². The first-order chi connectivity index (χ1) is 18.6. The summed E-state index contributed by atoms with van der Waals surface area (Å²) in [6.45, 7) is 35.0. The Morgan fingerprint density at radius 3 is 0.641 bits per heavy atom. The molecule has 0 aliphatic carbocycles. The van der Waals surface area contributed by atoms with E-state index in [9.17, 15) is 0 Å². The zero-order chi connectivity index (χ0) is 30.6. The van der Waals surface area contributed by atoms with Crippen LogP contribution in [0.1, 0.15) is 134 Å². The Labute approximate surface area is 247 Å². The van der Waals surface area contributed by atoms with Gasteiger partial charge in [0.15, 0.2) is 0 Å². The maximum atomic E-state index is 5.37. The average molecular weight is 565 g/mol. The lowest BCUT2D eigenvalue weighted by molar-refractivity contribution is 0.0442. The Bertz CT molecular complexity index is 335. The van der Waals surface area contributed by atoms with Gasteiger partial charge < -0.3 is 23.7 Å². The van der Waals surface area contributed by atoms with Crippen molar-refractivity contribution in [2.45, 2.75) is 134 Å². The lowest BCUT2D eigenvalue weighted by atomic mass is 10.1. The van der Waals surface area contributed by atoms with Crippen molar-refractivity contribution in [3.05, 3.63) is 0 Å². The third kappa shape index (κ3) is 67.5. The quantitative estimate of drug-likeness (QED) is 0.116. The van der Waals surface area contributed by atoms with Crippen molar-refractivity contribution in [2.75, 3.05) is 66.1 Å². The Balaban J connectivity index is -0.000000211. The summed E-state index contributed by atoms with van der Waals surface area (Å²) < 4.78 is 26.5. The Morgan fingerprint density at radius 1 is 0.282 bits per heavy atom. The molecule has 0 spiro atoms. The van der Waals surface area contributed by atoms with Crippen molar-refractivity contribution in [1.82, 2.24) is 0 Å². The summed E-state index contributed by atoms with van der Waals surface area (Å²) in [6.07, 6.45) is 9.23. The van der Waals surface area contributed by atoms with E-state index in [-0.39, 0.29) is 0 Å². The maximum absolute atomic E-state index is 5.37. The summed E-state index contributed by atoms with van der Waals surface area (Å²) in [6, 6.07) is 0. The summed E-state index contributed by atoms with van der Waals surface area (Å²) in [5.41, 5.74) is 0. The van der Waals surface area contributed by atoms with Gasteiger partial charge in [-0.25, -0.2) is 0 Å². The molecule has 5 heteroatoms. The number of hydrogen-bond acceptors (Lipinski definition) is 5. The predicted molar refractivity (Wildman–Crippen MR) is 173 cm³/mol. The van der Waals surface area contributed by atoms with Crippen LogP contribution in [0.25, 0.3) is 0 Å². The van der Waals surface area contributed by atoms with Gasteiger partial charge in [0.2, 0.25) is 0 Å². The second-order valence-electron chi connectivity index (χ2n) is 11.8. The smallest absolute Gasteiger partial charge is 0.0700 e. The van der Waals surface area contributed by atoms with Crippen LogP contribution in [0.15, 0.2) is 0 Å². The van der Waals surface area contributed by atoms with Gasteiger partial charge in [0.1, 0.15) is 0 Å². The Morgan fingerprint density at radius 2 is 0.462 bits per heavy atom. The first kappa shape index (κ1) is 45.8. The molecule has 242 valence electrons. The van der Waals surface area contributed by atoms with Crippen molar-refractivity contribution in [3.63, 3.8) is 0 Å². The van der Waals surface area contributed by atoms with Crippen molar-refractivity contribution in [2.24, 2.45) is 23.7 Å². The highest BCUT2D eigenvalue weighted by Crippen LogP contribution is 2.00. The molecule has 0 bridgehead atoms. The third-order valence-electron chi connectivity index (χ3n) is 5.12. The van der Waals surface area contributed by atoms with Crippen LogP contribution in [-0.2, 0) is 23.7 Å². The minimum atomic E-state index is 0.738. The highest BCUT2D eigenvalue weighted by atomic mass is 16.5. The molecule has 0 aliphatic heterocycles. The predicted octanol–water partition coefficient (Wildman–Crippen LogP) is 9.85. The van der Waals surface area contributed by atoms with E-state index in [0.29, 0.717) is 0 Å². The van der Waals surface area contributed by atoms with Crippen LogP contribution in [0.4, 0.5) is 0 Å². The summed E-state index contributed by atoms with van der Waals surface area (Å²) >= 11 is 0. The van der Waals surface area contributed by atoms with E-state index in [1.54, 1.807) is 0 Å². The largest absolute Gasteiger partial charge is 0.381 e. The van der Waals surface area contributed by atoms with Gasteiger partial charge in [0.25, 0.3) is 0 Å². The molecule has 0 N–H and O–H groups in total. The van der Waals surface area contributed by atoms with Crippen LogP contribution < -0.4 is 0 Å². The topological polar surface area (TPSA) is 46.2 Å². The maximum Gasteiger partial charge on any atom is 0.0700 e. The summed E-state index contributed by atoms with van der Waals surface area (Å²) in [7, 11) is 0. The second kappa shape index (κ2) is 42.3. The van der Waals surface area contributed by atoms with E-state index in [1.165, 1.54) is 19.3 Å². The van der Waals surface area contributed by atoms with Crippen molar-refractivity contribution >= 4 is 0 Å². The monoisotopic (exact) mass is 565 g/mol. The molecule has 39 heavy (non-hydrogen) atoms. The zero-order valence-corrected chi connectivity index (χ0v) is 29.1. The Hall–Kier alpha value is -0.200. The lowest BCUT2D eigenvalue weighted by Crippen LogP contribution is -2.06. The molecular formula is C34H76O5. The van der Waals surface area contributed by atoms with Crippen molar-refractivity contribution < 1.29 is 23.7 Å². The molecule has 0 unspecified atom stereocenters. The van der Waals surface area contributed by atoms with E-state index in [2.05, 4.69) is 83.1 Å². The highest BCUT2D eigenvalue weighted by Gasteiger charge is 1.94. The first-order valence-corrected chi connectivity index (χ1v) is 16.5. The van der Waals surface area contributed by atoms with Gasteiger partial charge in [-0.15, -0.1) is 0 Å². The molecule has 0 amide bonds. The highest BCUT2D eigenvalue weighted by molar-refractivity contribution is 4.44. The van der Waals surface area contributed by atoms with Crippen LogP contribution >= 0.6 is 0 Å². The molecule has 0 aromatic heterocycles. The van der Waals surface area contributed by atoms with Gasteiger partial charge in [0, 0.05) is 52.9 Å². The van der Waals surface area contributed by atoms with E-state index < -0.39 is 0 Å². The summed E-state index contributed by atoms with van der Waals surface area (Å²) in [5.74, 6) is 3.08. The van der Waals surface area contributed by atoms with Gasteiger partial charge in [-0.1, -0.05) is 83.1 Å². The number of ether oxygens (including phenoxy) is 5. The molecular weight excluding hydrogens is 488 g/mol. The van der Waals surface area contributed by atoms with Gasteiger partial charge in [0.05, 0.1) is 13.2 Å². The van der Waals surface area contributed by atoms with Gasteiger partial charge in [-0.3, -0.25) is 0 Å². The molecule has 0 heterocycles. The van der Waals surface area contributed by atoms with Crippen LogP contribution in [0.2, 0.25) is 0 Å². The molecule has 5 nitrogen and oxygen atoms in total. The third-order valence-corrected chi connectivity index (χ3v) is 5.12. The minimum absolute atomic E-state index is 0.738.